The van der Waals surface area contributed by atoms with E-state index in [1.807, 2.05) is 6.20 Å². The van der Waals surface area contributed by atoms with Gasteiger partial charge in [0.25, 0.3) is 5.56 Å². The van der Waals surface area contributed by atoms with Gasteiger partial charge < -0.3 is 9.88 Å². The maximum absolute atomic E-state index is 11.8. The standard InChI is InChI=1S/C13H20Br2N2O/c1-13(2,3)4-5-16-6-7-17-9-10(14)8-11(15)12(17)18/h8-9,16H,4-7H2,1-3H3. The Kier molecular flexibility index (Phi) is 6.08. The predicted molar refractivity (Wildman–Crippen MR) is 83.0 cm³/mol. The molecular formula is C13H20Br2N2O. The second kappa shape index (κ2) is 6.87. The Balaban J connectivity index is 2.43. The largest absolute Gasteiger partial charge is 0.315 e. The normalized spacial score (nSPS) is 11.8. The van der Waals surface area contributed by atoms with Gasteiger partial charge in [0.2, 0.25) is 0 Å². The van der Waals surface area contributed by atoms with E-state index in [0.29, 0.717) is 16.4 Å². The number of rotatable bonds is 5. The van der Waals surface area contributed by atoms with Crippen LogP contribution in [0, 0.1) is 5.41 Å². The minimum atomic E-state index is 0.0100. The lowest BCUT2D eigenvalue weighted by atomic mass is 9.92. The Labute approximate surface area is 125 Å². The SMILES string of the molecule is CC(C)(C)CCNCCn1cc(Br)cc(Br)c1=O. The van der Waals surface area contributed by atoms with Crippen LogP contribution in [-0.2, 0) is 6.54 Å². The van der Waals surface area contributed by atoms with Crippen molar-refractivity contribution in [3.05, 3.63) is 31.6 Å². The van der Waals surface area contributed by atoms with Crippen molar-refractivity contribution in [3.63, 3.8) is 0 Å². The number of nitrogens with zero attached hydrogens (tertiary/aromatic N) is 1. The highest BCUT2D eigenvalue weighted by Gasteiger charge is 2.08. The van der Waals surface area contributed by atoms with Crippen LogP contribution in [0.15, 0.2) is 26.0 Å². The third-order valence-corrected chi connectivity index (χ3v) is 3.59. The molecule has 0 atom stereocenters. The molecule has 1 aromatic rings. The van der Waals surface area contributed by atoms with E-state index in [4.69, 9.17) is 0 Å². The van der Waals surface area contributed by atoms with Gasteiger partial charge in [-0.3, -0.25) is 4.79 Å². The lowest BCUT2D eigenvalue weighted by Crippen LogP contribution is -2.28. The van der Waals surface area contributed by atoms with Gasteiger partial charge in [-0.1, -0.05) is 20.8 Å². The number of nitrogens with one attached hydrogen (secondary N) is 1. The molecule has 0 fully saturated rings. The van der Waals surface area contributed by atoms with Crippen molar-refractivity contribution in [2.45, 2.75) is 33.7 Å². The zero-order valence-corrected chi connectivity index (χ0v) is 14.3. The molecule has 0 saturated heterocycles. The lowest BCUT2D eigenvalue weighted by Gasteiger charge is -2.18. The molecule has 3 nitrogen and oxygen atoms in total. The third-order valence-electron chi connectivity index (χ3n) is 2.59. The Morgan fingerprint density at radius 1 is 1.28 bits per heavy atom. The number of hydrogen-bond acceptors (Lipinski definition) is 2. The van der Waals surface area contributed by atoms with Crippen LogP contribution in [0.4, 0.5) is 0 Å². The molecular weight excluding hydrogens is 360 g/mol. The zero-order chi connectivity index (χ0) is 13.8. The molecule has 0 aliphatic carbocycles. The smallest absolute Gasteiger partial charge is 0.264 e. The fourth-order valence-corrected chi connectivity index (χ4v) is 2.78. The Hall–Kier alpha value is -0.130. The summed E-state index contributed by atoms with van der Waals surface area (Å²) in [4.78, 5) is 11.8. The number of halogens is 2. The van der Waals surface area contributed by atoms with E-state index >= 15 is 0 Å². The van der Waals surface area contributed by atoms with Crippen molar-refractivity contribution < 1.29 is 0 Å². The summed E-state index contributed by atoms with van der Waals surface area (Å²) in [5.74, 6) is 0. The molecule has 0 bridgehead atoms. The van der Waals surface area contributed by atoms with Gasteiger partial charge in [0.05, 0.1) is 4.47 Å². The first-order valence-corrected chi connectivity index (χ1v) is 7.64. The molecule has 0 unspecified atom stereocenters. The summed E-state index contributed by atoms with van der Waals surface area (Å²) in [6, 6.07) is 1.77. The van der Waals surface area contributed by atoms with E-state index in [9.17, 15) is 4.79 Å². The summed E-state index contributed by atoms with van der Waals surface area (Å²) >= 11 is 6.65. The Bertz CT molecular complexity index is 449. The summed E-state index contributed by atoms with van der Waals surface area (Å²) in [5.41, 5.74) is 0.360. The molecule has 1 heterocycles. The first kappa shape index (κ1) is 15.9. The van der Waals surface area contributed by atoms with Gasteiger partial charge >= 0.3 is 0 Å². The lowest BCUT2D eigenvalue weighted by molar-refractivity contribution is 0.365. The van der Waals surface area contributed by atoms with Crippen LogP contribution in [0.5, 0.6) is 0 Å². The third kappa shape index (κ3) is 5.67. The second-order valence-electron chi connectivity index (χ2n) is 5.57. The first-order valence-electron chi connectivity index (χ1n) is 6.06. The Morgan fingerprint density at radius 3 is 2.56 bits per heavy atom. The van der Waals surface area contributed by atoms with E-state index in [-0.39, 0.29) is 5.56 Å². The molecule has 0 aliphatic heterocycles. The van der Waals surface area contributed by atoms with Crippen molar-refractivity contribution in [1.82, 2.24) is 9.88 Å². The van der Waals surface area contributed by atoms with Crippen LogP contribution < -0.4 is 10.9 Å². The average Bonchev–Trinajstić information content (AvgIpc) is 2.22. The predicted octanol–water partition coefficient (Wildman–Crippen LogP) is 3.40. The van der Waals surface area contributed by atoms with Crippen molar-refractivity contribution >= 4 is 31.9 Å². The van der Waals surface area contributed by atoms with E-state index in [0.717, 1.165) is 24.0 Å². The monoisotopic (exact) mass is 378 g/mol. The molecule has 0 amide bonds. The van der Waals surface area contributed by atoms with Crippen molar-refractivity contribution in [3.8, 4) is 0 Å². The highest BCUT2D eigenvalue weighted by atomic mass is 79.9. The van der Waals surface area contributed by atoms with Crippen molar-refractivity contribution in [2.75, 3.05) is 13.1 Å². The summed E-state index contributed by atoms with van der Waals surface area (Å²) in [6.07, 6.45) is 2.95. The molecule has 18 heavy (non-hydrogen) atoms. The summed E-state index contributed by atoms with van der Waals surface area (Å²) in [5, 5.41) is 3.37. The highest BCUT2D eigenvalue weighted by Crippen LogP contribution is 2.16. The van der Waals surface area contributed by atoms with Gasteiger partial charge in [0, 0.05) is 23.8 Å². The molecule has 1 aromatic heterocycles. The number of aromatic nitrogens is 1. The summed E-state index contributed by atoms with van der Waals surface area (Å²) in [6.45, 7) is 9.15. The average molecular weight is 380 g/mol. The fourth-order valence-electron chi connectivity index (χ4n) is 1.52. The molecule has 5 heteroatoms. The van der Waals surface area contributed by atoms with Crippen LogP contribution in [0.1, 0.15) is 27.2 Å². The zero-order valence-electron chi connectivity index (χ0n) is 11.1. The van der Waals surface area contributed by atoms with E-state index in [1.165, 1.54) is 0 Å². The summed E-state index contributed by atoms with van der Waals surface area (Å²) < 4.78 is 3.20. The van der Waals surface area contributed by atoms with E-state index < -0.39 is 0 Å². The number of pyridine rings is 1. The highest BCUT2D eigenvalue weighted by molar-refractivity contribution is 9.11. The van der Waals surface area contributed by atoms with Gasteiger partial charge in [-0.2, -0.15) is 0 Å². The molecule has 0 aliphatic rings. The van der Waals surface area contributed by atoms with Crippen LogP contribution in [0.25, 0.3) is 0 Å². The van der Waals surface area contributed by atoms with Crippen LogP contribution in [0.3, 0.4) is 0 Å². The molecule has 102 valence electrons. The molecule has 1 N–H and O–H groups in total. The first-order chi connectivity index (χ1) is 8.29. The fraction of sp³-hybridized carbons (Fsp3) is 0.615. The minimum Gasteiger partial charge on any atom is -0.315 e. The van der Waals surface area contributed by atoms with Gasteiger partial charge in [-0.05, 0) is 56.3 Å². The molecule has 0 spiro atoms. The minimum absolute atomic E-state index is 0.0100. The van der Waals surface area contributed by atoms with E-state index in [1.54, 1.807) is 10.6 Å². The molecule has 0 saturated carbocycles. The van der Waals surface area contributed by atoms with Gasteiger partial charge in [0.15, 0.2) is 0 Å². The van der Waals surface area contributed by atoms with Crippen molar-refractivity contribution in [1.29, 1.82) is 0 Å². The van der Waals surface area contributed by atoms with Crippen molar-refractivity contribution in [2.24, 2.45) is 5.41 Å². The topological polar surface area (TPSA) is 34.0 Å². The van der Waals surface area contributed by atoms with Crippen LogP contribution in [-0.4, -0.2) is 17.7 Å². The molecule has 0 radical (unpaired) electrons. The Morgan fingerprint density at radius 2 is 1.94 bits per heavy atom. The maximum Gasteiger partial charge on any atom is 0.264 e. The molecule has 0 aromatic carbocycles. The quantitative estimate of drug-likeness (QED) is 0.795. The van der Waals surface area contributed by atoms with Crippen LogP contribution >= 0.6 is 31.9 Å². The summed E-state index contributed by atoms with van der Waals surface area (Å²) in [7, 11) is 0. The van der Waals surface area contributed by atoms with Gasteiger partial charge in [-0.15, -0.1) is 0 Å². The van der Waals surface area contributed by atoms with Crippen LogP contribution in [0.2, 0.25) is 0 Å². The number of hydrogen-bond donors (Lipinski definition) is 1. The second-order valence-corrected chi connectivity index (χ2v) is 7.34. The molecule has 1 rings (SSSR count). The van der Waals surface area contributed by atoms with Gasteiger partial charge in [-0.25, -0.2) is 0 Å². The maximum atomic E-state index is 11.8. The van der Waals surface area contributed by atoms with E-state index in [2.05, 4.69) is 57.9 Å². The van der Waals surface area contributed by atoms with Gasteiger partial charge in [0.1, 0.15) is 0 Å².